The van der Waals surface area contributed by atoms with Crippen molar-refractivity contribution >= 4 is 17.4 Å². The Morgan fingerprint density at radius 3 is 2.87 bits per heavy atom. The molecular weight excluding hydrogens is 219 g/mol. The summed E-state index contributed by atoms with van der Waals surface area (Å²) in [5, 5.41) is 8.07. The molecule has 0 spiro atoms. The zero-order valence-electron chi connectivity index (χ0n) is 7.69. The molecule has 1 aromatic carbocycles. The summed E-state index contributed by atoms with van der Waals surface area (Å²) in [4.78, 5) is 1.32. The minimum absolute atomic E-state index is 0.236. The third-order valence-corrected chi connectivity index (χ3v) is 2.12. The molecule has 6 heteroatoms. The van der Waals surface area contributed by atoms with E-state index < -0.39 is 0 Å². The summed E-state index contributed by atoms with van der Waals surface area (Å²) in [5.74, 6) is -0.0669. The van der Waals surface area contributed by atoms with Gasteiger partial charge >= 0.3 is 0 Å². The van der Waals surface area contributed by atoms with E-state index in [0.29, 0.717) is 16.4 Å². The molecule has 0 aliphatic rings. The van der Waals surface area contributed by atoms with E-state index in [1.54, 1.807) is 12.1 Å². The second kappa shape index (κ2) is 3.86. The number of aromatic nitrogens is 3. The number of nitrogen functional groups attached to an aromatic ring is 1. The van der Waals surface area contributed by atoms with Gasteiger partial charge in [0.2, 0.25) is 0 Å². The predicted octanol–water partition coefficient (Wildman–Crippen LogP) is 1.70. The van der Waals surface area contributed by atoms with Gasteiger partial charge in [0, 0.05) is 10.6 Å². The Kier molecular flexibility index (Phi) is 2.55. The van der Waals surface area contributed by atoms with Crippen molar-refractivity contribution in [1.82, 2.24) is 15.0 Å². The minimum atomic E-state index is -0.377. The van der Waals surface area contributed by atoms with E-state index in [1.165, 1.54) is 17.1 Å². The lowest BCUT2D eigenvalue weighted by atomic mass is 10.2. The van der Waals surface area contributed by atoms with Crippen LogP contribution in [0.15, 0.2) is 24.4 Å². The van der Waals surface area contributed by atoms with E-state index in [0.717, 1.165) is 0 Å². The molecule has 4 nitrogen and oxygen atoms in total. The van der Waals surface area contributed by atoms with Gasteiger partial charge in [0.05, 0.1) is 12.7 Å². The molecule has 0 unspecified atom stereocenters. The third kappa shape index (κ3) is 2.24. The third-order valence-electron chi connectivity index (χ3n) is 1.88. The number of rotatable bonds is 2. The van der Waals surface area contributed by atoms with Crippen LogP contribution in [0.1, 0.15) is 5.56 Å². The Morgan fingerprint density at radius 2 is 2.27 bits per heavy atom. The molecule has 0 atom stereocenters. The van der Waals surface area contributed by atoms with Crippen LogP contribution in [0, 0.1) is 5.82 Å². The Bertz CT molecular complexity index is 483. The molecule has 78 valence electrons. The van der Waals surface area contributed by atoms with Crippen molar-refractivity contribution in [3.8, 4) is 0 Å². The molecule has 0 aliphatic carbocycles. The summed E-state index contributed by atoms with van der Waals surface area (Å²) in [6.45, 7) is 0.236. The fourth-order valence-electron chi connectivity index (χ4n) is 1.19. The second-order valence-electron chi connectivity index (χ2n) is 3.04. The molecule has 2 aromatic rings. The van der Waals surface area contributed by atoms with Crippen molar-refractivity contribution in [3.63, 3.8) is 0 Å². The monoisotopic (exact) mass is 226 g/mol. The number of hydrogen-bond donors (Lipinski definition) is 1. The van der Waals surface area contributed by atoms with E-state index in [4.69, 9.17) is 17.3 Å². The van der Waals surface area contributed by atoms with Crippen LogP contribution in [-0.4, -0.2) is 15.0 Å². The quantitative estimate of drug-likeness (QED) is 0.848. The van der Waals surface area contributed by atoms with E-state index >= 15 is 0 Å². The maximum atomic E-state index is 13.4. The normalized spacial score (nSPS) is 10.5. The Balaban J connectivity index is 2.24. The maximum Gasteiger partial charge on any atom is 0.165 e. The standard InChI is InChI=1S/C9H8ClFN4/c10-7-2-1-6(8(11)3-7)5-15-13-4-9(12)14-15/h1-4H,5H2,(H2,12,14). The van der Waals surface area contributed by atoms with Gasteiger partial charge in [0.1, 0.15) is 5.82 Å². The average Bonchev–Trinajstić information content (AvgIpc) is 2.56. The highest BCUT2D eigenvalue weighted by atomic mass is 35.5. The topological polar surface area (TPSA) is 56.7 Å². The van der Waals surface area contributed by atoms with Crippen molar-refractivity contribution < 1.29 is 4.39 Å². The molecule has 0 aliphatic heterocycles. The van der Waals surface area contributed by atoms with Crippen molar-refractivity contribution in [1.29, 1.82) is 0 Å². The average molecular weight is 227 g/mol. The highest BCUT2D eigenvalue weighted by Gasteiger charge is 2.05. The maximum absolute atomic E-state index is 13.4. The minimum Gasteiger partial charge on any atom is -0.381 e. The van der Waals surface area contributed by atoms with E-state index in [1.807, 2.05) is 0 Å². The zero-order valence-corrected chi connectivity index (χ0v) is 8.45. The van der Waals surface area contributed by atoms with Gasteiger partial charge in [-0.1, -0.05) is 17.7 Å². The summed E-state index contributed by atoms with van der Waals surface area (Å²) in [6.07, 6.45) is 1.41. The molecule has 0 saturated heterocycles. The van der Waals surface area contributed by atoms with Crippen LogP contribution < -0.4 is 5.73 Å². The van der Waals surface area contributed by atoms with Crippen molar-refractivity contribution in [2.75, 3.05) is 5.73 Å². The van der Waals surface area contributed by atoms with Crippen LogP contribution in [-0.2, 0) is 6.54 Å². The smallest absolute Gasteiger partial charge is 0.165 e. The molecule has 1 aromatic heterocycles. The van der Waals surface area contributed by atoms with Crippen LogP contribution in [0.5, 0.6) is 0 Å². The second-order valence-corrected chi connectivity index (χ2v) is 3.47. The van der Waals surface area contributed by atoms with Crippen LogP contribution in [0.25, 0.3) is 0 Å². The number of benzene rings is 1. The summed E-state index contributed by atoms with van der Waals surface area (Å²) < 4.78 is 13.4. The number of hydrogen-bond acceptors (Lipinski definition) is 3. The van der Waals surface area contributed by atoms with Crippen LogP contribution in [0.4, 0.5) is 10.2 Å². The molecule has 0 saturated carbocycles. The van der Waals surface area contributed by atoms with Gasteiger partial charge in [-0.2, -0.15) is 9.90 Å². The van der Waals surface area contributed by atoms with Gasteiger partial charge in [-0.05, 0) is 12.1 Å². The number of nitrogens with two attached hydrogens (primary N) is 1. The molecule has 2 N–H and O–H groups in total. The molecule has 0 radical (unpaired) electrons. The first-order valence-corrected chi connectivity index (χ1v) is 4.62. The van der Waals surface area contributed by atoms with Crippen molar-refractivity contribution in [3.05, 3.63) is 40.8 Å². The van der Waals surface area contributed by atoms with Gasteiger partial charge in [-0.3, -0.25) is 0 Å². The van der Waals surface area contributed by atoms with Gasteiger partial charge in [-0.25, -0.2) is 4.39 Å². The molecule has 0 fully saturated rings. The fraction of sp³-hybridized carbons (Fsp3) is 0.111. The van der Waals surface area contributed by atoms with Crippen LogP contribution in [0.2, 0.25) is 5.02 Å². The Hall–Kier alpha value is -1.62. The van der Waals surface area contributed by atoms with Gasteiger partial charge in [0.15, 0.2) is 5.82 Å². The van der Waals surface area contributed by atoms with Crippen LogP contribution in [0.3, 0.4) is 0 Å². The predicted molar refractivity (Wildman–Crippen MR) is 54.9 cm³/mol. The fourth-order valence-corrected chi connectivity index (χ4v) is 1.35. The highest BCUT2D eigenvalue weighted by Crippen LogP contribution is 2.15. The highest BCUT2D eigenvalue weighted by molar-refractivity contribution is 6.30. The molecule has 0 bridgehead atoms. The molecule has 15 heavy (non-hydrogen) atoms. The largest absolute Gasteiger partial charge is 0.381 e. The molecule has 1 heterocycles. The number of anilines is 1. The molecular formula is C9H8ClFN4. The Labute approximate surface area is 90.5 Å². The van der Waals surface area contributed by atoms with Crippen LogP contribution >= 0.6 is 11.6 Å². The van der Waals surface area contributed by atoms with Crippen molar-refractivity contribution in [2.24, 2.45) is 0 Å². The first-order chi connectivity index (χ1) is 7.15. The molecule has 2 rings (SSSR count). The SMILES string of the molecule is Nc1cnn(Cc2ccc(Cl)cc2F)n1. The number of halogens is 2. The summed E-state index contributed by atoms with van der Waals surface area (Å²) >= 11 is 5.63. The molecule has 0 amide bonds. The summed E-state index contributed by atoms with van der Waals surface area (Å²) in [5.41, 5.74) is 5.85. The Morgan fingerprint density at radius 1 is 1.47 bits per heavy atom. The number of nitrogens with zero attached hydrogens (tertiary/aromatic N) is 3. The van der Waals surface area contributed by atoms with Crippen molar-refractivity contribution in [2.45, 2.75) is 6.54 Å². The first-order valence-electron chi connectivity index (χ1n) is 4.24. The summed E-state index contributed by atoms with van der Waals surface area (Å²) in [7, 11) is 0. The lowest BCUT2D eigenvalue weighted by Gasteiger charge is -2.02. The lowest BCUT2D eigenvalue weighted by Crippen LogP contribution is -2.05. The van der Waals surface area contributed by atoms with E-state index in [9.17, 15) is 4.39 Å². The van der Waals surface area contributed by atoms with Gasteiger partial charge in [-0.15, -0.1) is 5.10 Å². The zero-order chi connectivity index (χ0) is 10.8. The van der Waals surface area contributed by atoms with E-state index in [2.05, 4.69) is 10.2 Å². The van der Waals surface area contributed by atoms with E-state index in [-0.39, 0.29) is 12.4 Å². The van der Waals surface area contributed by atoms with Gasteiger partial charge in [0.25, 0.3) is 0 Å². The van der Waals surface area contributed by atoms with Gasteiger partial charge < -0.3 is 5.73 Å². The lowest BCUT2D eigenvalue weighted by molar-refractivity contribution is 0.550. The summed E-state index contributed by atoms with van der Waals surface area (Å²) in [6, 6.07) is 4.47. The first kappa shape index (κ1) is 9.92.